The van der Waals surface area contributed by atoms with E-state index in [0.29, 0.717) is 0 Å². The predicted molar refractivity (Wildman–Crippen MR) is 81.7 cm³/mol. The van der Waals surface area contributed by atoms with Gasteiger partial charge in [-0.05, 0) is 23.7 Å². The molecular formula is C14H13N5O9. The van der Waals surface area contributed by atoms with Gasteiger partial charge >= 0.3 is 11.2 Å². The highest BCUT2D eigenvalue weighted by Gasteiger charge is 2.75. The lowest BCUT2D eigenvalue weighted by Crippen LogP contribution is -2.60. The van der Waals surface area contributed by atoms with Gasteiger partial charge in [-0.3, -0.25) is 24.2 Å². The number of aliphatic hydroxyl groups excluding tert-OH is 1. The summed E-state index contributed by atoms with van der Waals surface area (Å²) in [5.74, 6) is -2.53. The van der Waals surface area contributed by atoms with Gasteiger partial charge in [0.25, 0.3) is 11.4 Å². The second-order valence-electron chi connectivity index (χ2n) is 6.38. The number of hydrogen-bond acceptors (Lipinski definition) is 11. The average Bonchev–Trinajstić information content (AvgIpc) is 3.18. The maximum atomic E-state index is 12.4. The summed E-state index contributed by atoms with van der Waals surface area (Å²) < 4.78 is 14.6. The highest BCUT2D eigenvalue weighted by Crippen LogP contribution is 2.56. The minimum Gasteiger partial charge on any atom is -0.512 e. The van der Waals surface area contributed by atoms with Crippen molar-refractivity contribution in [3.05, 3.63) is 43.2 Å². The zero-order valence-electron chi connectivity index (χ0n) is 14.5. The van der Waals surface area contributed by atoms with Crippen LogP contribution in [-0.2, 0) is 15.1 Å². The summed E-state index contributed by atoms with van der Waals surface area (Å²) in [5, 5.41) is 54.3. The van der Waals surface area contributed by atoms with Crippen molar-refractivity contribution >= 4 is 5.78 Å². The molecule has 2 aliphatic carbocycles. The van der Waals surface area contributed by atoms with Gasteiger partial charge in [-0.15, -0.1) is 0 Å². The molecule has 0 bridgehead atoms. The smallest absolute Gasteiger partial charge is 0.333 e. The second kappa shape index (κ2) is 5.72. The Labute approximate surface area is 154 Å². The van der Waals surface area contributed by atoms with E-state index < -0.39 is 51.8 Å². The molecule has 2 aromatic rings. The number of carbonyl (C=O) groups is 1. The molecule has 0 unspecified atom stereocenters. The minimum absolute atomic E-state index is 0.0739. The Morgan fingerprint density at radius 3 is 2.68 bits per heavy atom. The SMILES string of the molecule is CCO[C@H]1C(C(C)=O)=C(O)C[C@@H]2c3c(no[n+]3[O-])-c3c(no[n+]3[O-])[C@@]21[N+](=O)[O-]. The highest BCUT2D eigenvalue weighted by atomic mass is 16.8. The van der Waals surface area contributed by atoms with E-state index in [9.17, 15) is 30.4 Å². The third kappa shape index (κ3) is 1.91. The summed E-state index contributed by atoms with van der Waals surface area (Å²) >= 11 is 0. The topological polar surface area (TPSA) is 196 Å². The van der Waals surface area contributed by atoms with Gasteiger partial charge in [0.05, 0.1) is 10.7 Å². The van der Waals surface area contributed by atoms with Crippen molar-refractivity contribution in [3.63, 3.8) is 0 Å². The Hall–Kier alpha value is -3.55. The molecule has 0 amide bonds. The molecule has 2 aliphatic rings. The number of nitro groups is 1. The van der Waals surface area contributed by atoms with Crippen molar-refractivity contribution in [1.82, 2.24) is 10.3 Å². The number of carbonyl (C=O) groups excluding carboxylic acids is 1. The summed E-state index contributed by atoms with van der Waals surface area (Å²) in [6, 6.07) is 0. The van der Waals surface area contributed by atoms with Crippen LogP contribution in [0.4, 0.5) is 0 Å². The van der Waals surface area contributed by atoms with Crippen LogP contribution in [-0.4, -0.2) is 38.8 Å². The molecule has 3 atom stereocenters. The zero-order valence-corrected chi connectivity index (χ0v) is 14.5. The first-order valence-electron chi connectivity index (χ1n) is 8.15. The lowest BCUT2D eigenvalue weighted by atomic mass is 9.63. The first-order chi connectivity index (χ1) is 13.3. The van der Waals surface area contributed by atoms with Gasteiger partial charge in [0.1, 0.15) is 11.7 Å². The number of allylic oxidation sites excluding steroid dienone is 1. The maximum Gasteiger partial charge on any atom is 0.333 e. The molecule has 0 spiro atoms. The lowest BCUT2D eigenvalue weighted by Gasteiger charge is -2.39. The van der Waals surface area contributed by atoms with Crippen molar-refractivity contribution in [2.45, 2.75) is 37.8 Å². The molecule has 2 heterocycles. The first-order valence-corrected chi connectivity index (χ1v) is 8.15. The van der Waals surface area contributed by atoms with E-state index in [4.69, 9.17) is 4.74 Å². The van der Waals surface area contributed by atoms with Gasteiger partial charge in [-0.25, -0.2) is 0 Å². The van der Waals surface area contributed by atoms with E-state index in [0.717, 1.165) is 6.92 Å². The first kappa shape index (κ1) is 17.8. The fraction of sp³-hybridized carbons (Fsp3) is 0.500. The van der Waals surface area contributed by atoms with Crippen molar-refractivity contribution < 1.29 is 38.6 Å². The van der Waals surface area contributed by atoms with E-state index in [-0.39, 0.29) is 33.4 Å². The lowest BCUT2D eigenvalue weighted by molar-refractivity contribution is -0.811. The van der Waals surface area contributed by atoms with Crippen LogP contribution in [0.25, 0.3) is 11.4 Å². The number of ether oxygens (including phenoxy) is 1. The monoisotopic (exact) mass is 395 g/mol. The van der Waals surface area contributed by atoms with Crippen molar-refractivity contribution in [3.8, 4) is 11.4 Å². The Kier molecular flexibility index (Phi) is 3.65. The number of fused-ring (bicyclic) bond motifs is 6. The molecule has 1 N–H and O–H groups in total. The molecule has 4 rings (SSSR count). The summed E-state index contributed by atoms with van der Waals surface area (Å²) in [4.78, 5) is 23.6. The van der Waals surface area contributed by atoms with Gasteiger partial charge in [0.15, 0.2) is 11.9 Å². The molecular weight excluding hydrogens is 382 g/mol. The van der Waals surface area contributed by atoms with Crippen LogP contribution in [0.3, 0.4) is 0 Å². The third-order valence-electron chi connectivity index (χ3n) is 5.11. The molecule has 0 aromatic carbocycles. The molecule has 0 saturated carbocycles. The maximum absolute atomic E-state index is 12.4. The Morgan fingerprint density at radius 2 is 2.07 bits per heavy atom. The van der Waals surface area contributed by atoms with Crippen LogP contribution in [0.2, 0.25) is 0 Å². The predicted octanol–water partition coefficient (Wildman–Crippen LogP) is -0.624. The van der Waals surface area contributed by atoms with E-state index in [1.54, 1.807) is 0 Å². The largest absolute Gasteiger partial charge is 0.512 e. The summed E-state index contributed by atoms with van der Waals surface area (Å²) in [7, 11) is 0. The van der Waals surface area contributed by atoms with Crippen molar-refractivity contribution in [2.75, 3.05) is 6.61 Å². The summed E-state index contributed by atoms with van der Waals surface area (Å²) in [6.07, 6.45) is -2.11. The number of Topliss-reactive ketones (excluding diaryl/α,β-unsaturated/α-hetero) is 1. The standard InChI is InChI=1S/C14H13N5O9/c1-3-26-13-8(5(2)20)7(21)4-6-10-9(15-27-17(10)22)11-12(16-28-18(11)23)14(6,13)19(24)25/h6,13,21H,3-4H2,1-2H3/t6-,13+,14+/m1/s1. The quantitative estimate of drug-likeness (QED) is 0.393. The summed E-state index contributed by atoms with van der Waals surface area (Å²) in [6.45, 7) is 2.57. The molecule has 0 fully saturated rings. The number of rotatable bonds is 4. The van der Waals surface area contributed by atoms with Crippen LogP contribution < -0.4 is 9.81 Å². The highest BCUT2D eigenvalue weighted by molar-refractivity contribution is 5.95. The number of nitrogens with zero attached hydrogens (tertiary/aromatic N) is 5. The minimum atomic E-state index is -2.40. The molecule has 0 aliphatic heterocycles. The average molecular weight is 395 g/mol. The molecule has 2 aromatic heterocycles. The number of aliphatic hydroxyl groups is 1. The third-order valence-corrected chi connectivity index (χ3v) is 5.11. The Bertz CT molecular complexity index is 1040. The van der Waals surface area contributed by atoms with Gasteiger partial charge in [0, 0.05) is 23.1 Å². The molecule has 148 valence electrons. The van der Waals surface area contributed by atoms with Crippen LogP contribution in [0, 0.1) is 20.5 Å². The Morgan fingerprint density at radius 1 is 1.39 bits per heavy atom. The van der Waals surface area contributed by atoms with Crippen LogP contribution in [0.1, 0.15) is 37.6 Å². The summed E-state index contributed by atoms with van der Waals surface area (Å²) in [5.41, 5.74) is -4.35. The molecule has 0 radical (unpaired) electrons. The molecule has 28 heavy (non-hydrogen) atoms. The second-order valence-corrected chi connectivity index (χ2v) is 6.38. The van der Waals surface area contributed by atoms with Crippen LogP contribution >= 0.6 is 0 Å². The van der Waals surface area contributed by atoms with E-state index in [2.05, 4.69) is 19.6 Å². The van der Waals surface area contributed by atoms with Gasteiger partial charge in [0.2, 0.25) is 5.69 Å². The number of aromatic nitrogens is 4. The molecule has 14 nitrogen and oxygen atoms in total. The van der Waals surface area contributed by atoms with Crippen LogP contribution in [0.5, 0.6) is 0 Å². The normalized spacial score (nSPS) is 25.8. The molecule has 0 saturated heterocycles. The van der Waals surface area contributed by atoms with Gasteiger partial charge < -0.3 is 20.3 Å². The number of ketones is 1. The van der Waals surface area contributed by atoms with Gasteiger partial charge in [-0.2, -0.15) is 0 Å². The van der Waals surface area contributed by atoms with Crippen molar-refractivity contribution in [2.24, 2.45) is 0 Å². The Balaban J connectivity index is 2.15. The fourth-order valence-corrected chi connectivity index (χ4v) is 4.10. The fourth-order valence-electron chi connectivity index (χ4n) is 4.10. The number of hydrogen-bond donors (Lipinski definition) is 1. The van der Waals surface area contributed by atoms with Gasteiger partial charge in [-0.1, -0.05) is 0 Å². The van der Waals surface area contributed by atoms with E-state index >= 15 is 0 Å². The molecule has 14 heteroatoms. The van der Waals surface area contributed by atoms with Crippen LogP contribution in [0.15, 0.2) is 20.6 Å². The van der Waals surface area contributed by atoms with E-state index in [1.807, 2.05) is 0 Å². The zero-order chi connectivity index (χ0) is 20.4. The van der Waals surface area contributed by atoms with E-state index in [1.165, 1.54) is 6.92 Å². The van der Waals surface area contributed by atoms with Crippen molar-refractivity contribution in [1.29, 1.82) is 0 Å².